The molecule has 0 aliphatic carbocycles. The van der Waals surface area contributed by atoms with Crippen molar-refractivity contribution in [2.75, 3.05) is 25.0 Å². The van der Waals surface area contributed by atoms with Gasteiger partial charge in [-0.05, 0) is 31.5 Å². The average Bonchev–Trinajstić information content (AvgIpc) is 3.25. The molecule has 0 bridgehead atoms. The monoisotopic (exact) mass is 344 g/mol. The van der Waals surface area contributed by atoms with E-state index in [-0.39, 0.29) is 18.0 Å². The molecular formula is C17H20N4O2S. The molecule has 1 atom stereocenters. The fourth-order valence-electron chi connectivity index (χ4n) is 2.72. The average molecular weight is 344 g/mol. The second-order valence-corrected chi connectivity index (χ2v) is 6.77. The van der Waals surface area contributed by atoms with Gasteiger partial charge in [0.2, 0.25) is 0 Å². The van der Waals surface area contributed by atoms with Gasteiger partial charge in [0.25, 0.3) is 5.91 Å². The van der Waals surface area contributed by atoms with Crippen LogP contribution >= 0.6 is 11.3 Å². The number of aromatic nitrogens is 1. The van der Waals surface area contributed by atoms with Crippen LogP contribution < -0.4 is 10.2 Å². The number of carbonyl (C=O) groups is 2. The Bertz CT molecular complexity index is 760. The Morgan fingerprint density at radius 1 is 1.46 bits per heavy atom. The van der Waals surface area contributed by atoms with Crippen LogP contribution in [0.3, 0.4) is 0 Å². The number of hydrogen-bond donors (Lipinski definition) is 1. The molecule has 24 heavy (non-hydrogen) atoms. The molecular weight excluding hydrogens is 324 g/mol. The Labute approximate surface area is 145 Å². The summed E-state index contributed by atoms with van der Waals surface area (Å²) in [5.41, 5.74) is 2.33. The molecule has 6 nitrogen and oxygen atoms in total. The first-order valence-corrected chi connectivity index (χ1v) is 8.69. The van der Waals surface area contributed by atoms with E-state index in [2.05, 4.69) is 10.3 Å². The van der Waals surface area contributed by atoms with Crippen molar-refractivity contribution >= 4 is 29.0 Å². The Morgan fingerprint density at radius 2 is 2.25 bits per heavy atom. The fourth-order valence-corrected chi connectivity index (χ4v) is 3.46. The molecule has 3 amide bonds. The number of urea groups is 1. The third kappa shape index (κ3) is 2.99. The summed E-state index contributed by atoms with van der Waals surface area (Å²) in [7, 11) is 1.77. The van der Waals surface area contributed by atoms with Crippen LogP contribution in [0.1, 0.15) is 33.9 Å². The molecule has 7 heteroatoms. The summed E-state index contributed by atoms with van der Waals surface area (Å²) in [5.74, 6) is -0.0847. The molecule has 2 aromatic rings. The van der Waals surface area contributed by atoms with Crippen molar-refractivity contribution in [1.82, 2.24) is 15.2 Å². The highest BCUT2D eigenvalue weighted by molar-refractivity contribution is 7.09. The summed E-state index contributed by atoms with van der Waals surface area (Å²) < 4.78 is 0. The maximum Gasteiger partial charge on any atom is 0.322 e. The molecule has 0 unspecified atom stereocenters. The van der Waals surface area contributed by atoms with Gasteiger partial charge in [-0.15, -0.1) is 11.3 Å². The zero-order valence-electron chi connectivity index (χ0n) is 13.9. The molecule has 1 aromatic heterocycles. The third-order valence-electron chi connectivity index (χ3n) is 4.31. The summed E-state index contributed by atoms with van der Waals surface area (Å²) in [6, 6.07) is 5.27. The summed E-state index contributed by atoms with van der Waals surface area (Å²) in [5, 5.41) is 5.59. The number of carbonyl (C=O) groups excluding carboxylic acids is 2. The van der Waals surface area contributed by atoms with Crippen LogP contribution in [0.25, 0.3) is 0 Å². The van der Waals surface area contributed by atoms with E-state index in [0.29, 0.717) is 18.7 Å². The number of benzene rings is 1. The highest BCUT2D eigenvalue weighted by Gasteiger charge is 2.25. The van der Waals surface area contributed by atoms with Gasteiger partial charge >= 0.3 is 6.03 Å². The number of thiazole rings is 1. The lowest BCUT2D eigenvalue weighted by molar-refractivity contribution is 0.0742. The number of amides is 3. The van der Waals surface area contributed by atoms with Crippen molar-refractivity contribution in [3.8, 4) is 0 Å². The molecule has 1 fully saturated rings. The zero-order valence-corrected chi connectivity index (χ0v) is 14.8. The van der Waals surface area contributed by atoms with Crippen LogP contribution in [0.2, 0.25) is 0 Å². The van der Waals surface area contributed by atoms with Gasteiger partial charge in [0.05, 0.1) is 6.04 Å². The second kappa shape index (κ2) is 6.60. The van der Waals surface area contributed by atoms with E-state index in [0.717, 1.165) is 16.3 Å². The largest absolute Gasteiger partial charge is 0.336 e. The van der Waals surface area contributed by atoms with Gasteiger partial charge in [0, 0.05) is 43.0 Å². The van der Waals surface area contributed by atoms with E-state index in [4.69, 9.17) is 0 Å². The van der Waals surface area contributed by atoms with E-state index in [1.54, 1.807) is 35.2 Å². The molecule has 1 aromatic carbocycles. The summed E-state index contributed by atoms with van der Waals surface area (Å²) in [6.45, 7) is 5.14. The minimum Gasteiger partial charge on any atom is -0.336 e. The van der Waals surface area contributed by atoms with Crippen molar-refractivity contribution in [2.45, 2.75) is 19.9 Å². The van der Waals surface area contributed by atoms with Crippen molar-refractivity contribution in [3.63, 3.8) is 0 Å². The smallest absolute Gasteiger partial charge is 0.322 e. The fraction of sp³-hybridized carbons (Fsp3) is 0.353. The van der Waals surface area contributed by atoms with E-state index in [1.807, 2.05) is 25.3 Å². The summed E-state index contributed by atoms with van der Waals surface area (Å²) >= 11 is 1.53. The Morgan fingerprint density at radius 3 is 2.88 bits per heavy atom. The van der Waals surface area contributed by atoms with Crippen molar-refractivity contribution in [1.29, 1.82) is 0 Å². The van der Waals surface area contributed by atoms with Gasteiger partial charge in [-0.1, -0.05) is 6.07 Å². The van der Waals surface area contributed by atoms with Crippen molar-refractivity contribution < 1.29 is 9.59 Å². The van der Waals surface area contributed by atoms with E-state index >= 15 is 0 Å². The molecule has 1 aliphatic heterocycles. The van der Waals surface area contributed by atoms with E-state index in [9.17, 15) is 9.59 Å². The number of nitrogens with zero attached hydrogens (tertiary/aromatic N) is 3. The van der Waals surface area contributed by atoms with Gasteiger partial charge in [-0.3, -0.25) is 9.69 Å². The topological polar surface area (TPSA) is 65.5 Å². The standard InChI is InChI=1S/C17H20N4O2S/c1-11-4-5-13(10-14(11)21-8-6-19-17(21)23)16(22)20(3)12(2)15-18-7-9-24-15/h4-5,7,9-10,12H,6,8H2,1-3H3,(H,19,23)/t12-/m1/s1. The molecule has 1 N–H and O–H groups in total. The second-order valence-electron chi connectivity index (χ2n) is 5.85. The summed E-state index contributed by atoms with van der Waals surface area (Å²) in [6.07, 6.45) is 1.74. The maximum absolute atomic E-state index is 12.8. The Kier molecular flexibility index (Phi) is 4.53. The van der Waals surface area contributed by atoms with Gasteiger partial charge < -0.3 is 10.2 Å². The first-order valence-electron chi connectivity index (χ1n) is 7.81. The quantitative estimate of drug-likeness (QED) is 0.927. The molecule has 0 spiro atoms. The minimum absolute atomic E-state index is 0.0847. The summed E-state index contributed by atoms with van der Waals surface area (Å²) in [4.78, 5) is 32.4. The lowest BCUT2D eigenvalue weighted by Crippen LogP contribution is -2.31. The van der Waals surface area contributed by atoms with Gasteiger partial charge in [-0.25, -0.2) is 9.78 Å². The third-order valence-corrected chi connectivity index (χ3v) is 5.26. The predicted molar refractivity (Wildman–Crippen MR) is 94.5 cm³/mol. The van der Waals surface area contributed by atoms with Crippen LogP contribution in [0, 0.1) is 6.92 Å². The normalized spacial score (nSPS) is 15.3. The molecule has 126 valence electrons. The highest BCUT2D eigenvalue weighted by Crippen LogP contribution is 2.26. The molecule has 0 radical (unpaired) electrons. The van der Waals surface area contributed by atoms with Crippen LogP contribution in [0.5, 0.6) is 0 Å². The van der Waals surface area contributed by atoms with Crippen LogP contribution in [-0.4, -0.2) is 42.0 Å². The zero-order chi connectivity index (χ0) is 17.3. The van der Waals surface area contributed by atoms with Gasteiger partial charge in [0.1, 0.15) is 5.01 Å². The maximum atomic E-state index is 12.8. The first-order chi connectivity index (χ1) is 11.5. The number of hydrogen-bond acceptors (Lipinski definition) is 4. The van der Waals surface area contributed by atoms with Crippen LogP contribution in [-0.2, 0) is 0 Å². The van der Waals surface area contributed by atoms with E-state index < -0.39 is 0 Å². The predicted octanol–water partition coefficient (Wildman–Crippen LogP) is 2.81. The lowest BCUT2D eigenvalue weighted by atomic mass is 10.1. The molecule has 2 heterocycles. The first kappa shape index (κ1) is 16.4. The van der Waals surface area contributed by atoms with Crippen LogP contribution in [0.15, 0.2) is 29.8 Å². The molecule has 1 aliphatic rings. The lowest BCUT2D eigenvalue weighted by Gasteiger charge is -2.24. The minimum atomic E-state index is -0.118. The van der Waals surface area contributed by atoms with Gasteiger partial charge in [0.15, 0.2) is 0 Å². The van der Waals surface area contributed by atoms with Crippen molar-refractivity contribution in [3.05, 3.63) is 45.9 Å². The van der Waals surface area contributed by atoms with Gasteiger partial charge in [-0.2, -0.15) is 0 Å². The molecule has 1 saturated heterocycles. The SMILES string of the molecule is Cc1ccc(C(=O)N(C)[C@H](C)c2nccs2)cc1N1CCNC1=O. The Hall–Kier alpha value is -2.41. The van der Waals surface area contributed by atoms with E-state index in [1.165, 1.54) is 11.3 Å². The Balaban J connectivity index is 1.86. The highest BCUT2D eigenvalue weighted by atomic mass is 32.1. The number of anilines is 1. The number of nitrogens with one attached hydrogen (secondary N) is 1. The molecule has 0 saturated carbocycles. The molecule has 3 rings (SSSR count). The van der Waals surface area contributed by atoms with Crippen molar-refractivity contribution in [2.24, 2.45) is 0 Å². The number of aryl methyl sites for hydroxylation is 1. The van der Waals surface area contributed by atoms with Crippen LogP contribution in [0.4, 0.5) is 10.5 Å². The number of rotatable bonds is 4.